The zero-order chi connectivity index (χ0) is 18.7. The van der Waals surface area contributed by atoms with Gasteiger partial charge in [-0.1, -0.05) is 113 Å². The lowest BCUT2D eigenvalue weighted by molar-refractivity contribution is 1.01. The molecule has 27 heavy (non-hydrogen) atoms. The normalized spacial score (nSPS) is 14.1. The highest BCUT2D eigenvalue weighted by Gasteiger charge is 2.44. The highest BCUT2D eigenvalue weighted by molar-refractivity contribution is 7.16. The molecule has 0 N–H and O–H groups in total. The van der Waals surface area contributed by atoms with E-state index in [1.54, 1.807) is 5.20 Å². The van der Waals surface area contributed by atoms with Gasteiger partial charge >= 0.3 is 0 Å². The molecule has 0 atom stereocenters. The van der Waals surface area contributed by atoms with Crippen LogP contribution in [0, 0.1) is 13.8 Å². The van der Waals surface area contributed by atoms with E-state index in [-0.39, 0.29) is 0 Å². The van der Waals surface area contributed by atoms with Crippen molar-refractivity contribution in [2.75, 3.05) is 0 Å². The SMILES string of the molecule is Cc1ccccc1[Si](C1=CC=CCC1)(c1ccccc1)c1ccccc1C. The molecule has 0 aliphatic heterocycles. The molecular weight excluding hydrogens is 340 g/mol. The third kappa shape index (κ3) is 3.02. The Morgan fingerprint density at radius 3 is 1.74 bits per heavy atom. The Kier molecular flexibility index (Phi) is 4.96. The second-order valence-electron chi connectivity index (χ2n) is 7.40. The molecule has 3 aromatic rings. The lowest BCUT2D eigenvalue weighted by atomic mass is 10.2. The van der Waals surface area contributed by atoms with Crippen molar-refractivity contribution in [1.82, 2.24) is 0 Å². The zero-order valence-corrected chi connectivity index (χ0v) is 17.2. The van der Waals surface area contributed by atoms with Crippen LogP contribution in [-0.4, -0.2) is 8.07 Å². The molecule has 0 fully saturated rings. The molecule has 0 saturated heterocycles. The van der Waals surface area contributed by atoms with Gasteiger partial charge in [0.1, 0.15) is 0 Å². The number of hydrogen-bond donors (Lipinski definition) is 0. The second-order valence-corrected chi connectivity index (χ2v) is 11.2. The summed E-state index contributed by atoms with van der Waals surface area (Å²) in [6, 6.07) is 29.3. The zero-order valence-electron chi connectivity index (χ0n) is 16.2. The van der Waals surface area contributed by atoms with E-state index in [1.165, 1.54) is 26.7 Å². The van der Waals surface area contributed by atoms with E-state index in [0.717, 1.165) is 12.8 Å². The maximum Gasteiger partial charge on any atom is 0.176 e. The van der Waals surface area contributed by atoms with Crippen molar-refractivity contribution in [3.8, 4) is 0 Å². The Balaban J connectivity index is 2.16. The summed E-state index contributed by atoms with van der Waals surface area (Å²) in [7, 11) is -2.30. The minimum Gasteiger partial charge on any atom is -0.0842 e. The van der Waals surface area contributed by atoms with Gasteiger partial charge in [0, 0.05) is 0 Å². The van der Waals surface area contributed by atoms with E-state index < -0.39 is 8.07 Å². The summed E-state index contributed by atoms with van der Waals surface area (Å²) in [5.74, 6) is 0. The first-order valence-electron chi connectivity index (χ1n) is 9.78. The average molecular weight is 367 g/mol. The molecule has 134 valence electrons. The van der Waals surface area contributed by atoms with Gasteiger partial charge in [-0.3, -0.25) is 0 Å². The number of allylic oxidation sites excluding steroid dienone is 4. The van der Waals surface area contributed by atoms with Crippen LogP contribution in [0.2, 0.25) is 0 Å². The first-order valence-corrected chi connectivity index (χ1v) is 11.8. The van der Waals surface area contributed by atoms with E-state index in [0.29, 0.717) is 0 Å². The van der Waals surface area contributed by atoms with Gasteiger partial charge in [0.25, 0.3) is 0 Å². The lowest BCUT2D eigenvalue weighted by Crippen LogP contribution is -2.70. The van der Waals surface area contributed by atoms with E-state index in [4.69, 9.17) is 0 Å². The molecule has 1 aliphatic rings. The highest BCUT2D eigenvalue weighted by atomic mass is 28.3. The number of aryl methyl sites for hydroxylation is 2. The van der Waals surface area contributed by atoms with E-state index >= 15 is 0 Å². The Bertz CT molecular complexity index is 950. The molecule has 3 aromatic carbocycles. The summed E-state index contributed by atoms with van der Waals surface area (Å²) in [6.07, 6.45) is 9.23. The molecule has 0 nitrogen and oxygen atoms in total. The van der Waals surface area contributed by atoms with Crippen molar-refractivity contribution in [2.45, 2.75) is 26.7 Å². The molecule has 0 heterocycles. The van der Waals surface area contributed by atoms with Crippen LogP contribution in [0.25, 0.3) is 0 Å². The summed E-state index contributed by atoms with van der Waals surface area (Å²) in [5, 5.41) is 6.13. The third-order valence-corrected chi connectivity index (χ3v) is 11.1. The van der Waals surface area contributed by atoms with Crippen LogP contribution < -0.4 is 15.6 Å². The van der Waals surface area contributed by atoms with Crippen molar-refractivity contribution < 1.29 is 0 Å². The molecule has 1 heteroatoms. The van der Waals surface area contributed by atoms with Gasteiger partial charge in [-0.05, 0) is 42.2 Å². The van der Waals surface area contributed by atoms with Crippen molar-refractivity contribution in [3.05, 3.63) is 113 Å². The fraction of sp³-hybridized carbons (Fsp3) is 0.154. The first-order chi connectivity index (χ1) is 13.2. The van der Waals surface area contributed by atoms with Crippen LogP contribution in [0.1, 0.15) is 24.0 Å². The maximum absolute atomic E-state index is 2.40. The molecule has 0 saturated carbocycles. The molecule has 0 bridgehead atoms. The number of benzene rings is 3. The molecule has 4 rings (SSSR count). The summed E-state index contributed by atoms with van der Waals surface area (Å²) >= 11 is 0. The van der Waals surface area contributed by atoms with Crippen LogP contribution in [0.15, 0.2) is 102 Å². The lowest BCUT2D eigenvalue weighted by Gasteiger charge is -2.39. The monoisotopic (exact) mass is 366 g/mol. The minimum atomic E-state index is -2.30. The summed E-state index contributed by atoms with van der Waals surface area (Å²) in [4.78, 5) is 0. The topological polar surface area (TPSA) is 0 Å². The molecule has 0 amide bonds. The van der Waals surface area contributed by atoms with Gasteiger partial charge < -0.3 is 0 Å². The smallest absolute Gasteiger partial charge is 0.0842 e. The van der Waals surface area contributed by atoms with Gasteiger partial charge in [-0.2, -0.15) is 0 Å². The van der Waals surface area contributed by atoms with E-state index in [1.807, 2.05) is 0 Å². The summed E-state index contributed by atoms with van der Waals surface area (Å²) in [5.41, 5.74) is 2.79. The molecule has 0 spiro atoms. The highest BCUT2D eigenvalue weighted by Crippen LogP contribution is 2.26. The van der Waals surface area contributed by atoms with Crippen LogP contribution >= 0.6 is 0 Å². The van der Waals surface area contributed by atoms with Gasteiger partial charge in [0.2, 0.25) is 0 Å². The quantitative estimate of drug-likeness (QED) is 0.468. The minimum absolute atomic E-state index is 1.13. The van der Waals surface area contributed by atoms with E-state index in [2.05, 4.69) is 111 Å². The van der Waals surface area contributed by atoms with Crippen molar-refractivity contribution >= 4 is 23.6 Å². The predicted molar refractivity (Wildman–Crippen MR) is 120 cm³/mol. The maximum atomic E-state index is 2.40. The summed E-state index contributed by atoms with van der Waals surface area (Å²) in [6.45, 7) is 4.55. The predicted octanol–water partition coefficient (Wildman–Crippen LogP) is 4.59. The fourth-order valence-corrected chi connectivity index (χ4v) is 10.2. The van der Waals surface area contributed by atoms with Crippen molar-refractivity contribution in [3.63, 3.8) is 0 Å². The number of hydrogen-bond acceptors (Lipinski definition) is 0. The van der Waals surface area contributed by atoms with Gasteiger partial charge in [-0.25, -0.2) is 0 Å². The molecule has 0 aromatic heterocycles. The molecule has 0 radical (unpaired) electrons. The van der Waals surface area contributed by atoms with Gasteiger partial charge in [0.15, 0.2) is 8.07 Å². The van der Waals surface area contributed by atoms with Crippen LogP contribution in [0.5, 0.6) is 0 Å². The Labute approximate surface area is 163 Å². The van der Waals surface area contributed by atoms with Crippen LogP contribution in [-0.2, 0) is 0 Å². The Morgan fingerprint density at radius 1 is 0.667 bits per heavy atom. The molecular formula is C26H26Si. The van der Waals surface area contributed by atoms with E-state index in [9.17, 15) is 0 Å². The standard InChI is InChI=1S/C26H26Si/c1-21-13-9-11-19-25(21)27(23-15-5-3-6-16-23,24-17-7-4-8-18-24)26-20-12-10-14-22(26)2/h3-7,9-17,19-20H,8,18H2,1-2H3. The Morgan fingerprint density at radius 2 is 1.22 bits per heavy atom. The first kappa shape index (κ1) is 17.8. The third-order valence-electron chi connectivity index (χ3n) is 5.80. The van der Waals surface area contributed by atoms with Crippen molar-refractivity contribution in [1.29, 1.82) is 0 Å². The molecule has 1 aliphatic carbocycles. The fourth-order valence-electron chi connectivity index (χ4n) is 4.58. The van der Waals surface area contributed by atoms with Crippen molar-refractivity contribution in [2.24, 2.45) is 0 Å². The second kappa shape index (κ2) is 7.54. The largest absolute Gasteiger partial charge is 0.176 e. The Hall–Kier alpha value is -2.64. The average Bonchev–Trinajstić information content (AvgIpc) is 2.73. The number of rotatable bonds is 4. The molecule has 0 unspecified atom stereocenters. The van der Waals surface area contributed by atoms with Crippen LogP contribution in [0.4, 0.5) is 0 Å². The van der Waals surface area contributed by atoms with Gasteiger partial charge in [0.05, 0.1) is 0 Å². The summed E-state index contributed by atoms with van der Waals surface area (Å²) < 4.78 is 0. The van der Waals surface area contributed by atoms with Gasteiger partial charge in [-0.15, -0.1) is 0 Å². The van der Waals surface area contributed by atoms with Crippen LogP contribution in [0.3, 0.4) is 0 Å².